The van der Waals surface area contributed by atoms with E-state index in [1.165, 1.54) is 12.1 Å². The zero-order valence-corrected chi connectivity index (χ0v) is 21.2. The van der Waals surface area contributed by atoms with Crippen molar-refractivity contribution < 1.29 is 19.0 Å². The van der Waals surface area contributed by atoms with E-state index >= 15 is 0 Å². The zero-order valence-electron chi connectivity index (χ0n) is 19.6. The molecule has 1 unspecified atom stereocenters. The monoisotopic (exact) mass is 533 g/mol. The van der Waals surface area contributed by atoms with Crippen LogP contribution in [0.15, 0.2) is 53.0 Å². The van der Waals surface area contributed by atoms with E-state index in [0.717, 1.165) is 49.2 Å². The Kier molecular flexibility index (Phi) is 8.71. The molecule has 0 saturated carbocycles. The Morgan fingerprint density at radius 3 is 2.68 bits per heavy atom. The van der Waals surface area contributed by atoms with Gasteiger partial charge >= 0.3 is 0 Å². The van der Waals surface area contributed by atoms with Crippen LogP contribution < -0.4 is 0 Å². The minimum atomic E-state index is -0.255. The molecular formula is C26H33BrFN3O3. The average molecular weight is 534 g/mol. The van der Waals surface area contributed by atoms with Crippen LogP contribution in [0.2, 0.25) is 0 Å². The smallest absolute Gasteiger partial charge is 0.254 e. The van der Waals surface area contributed by atoms with Gasteiger partial charge in [0.15, 0.2) is 0 Å². The maximum Gasteiger partial charge on any atom is 0.254 e. The van der Waals surface area contributed by atoms with E-state index < -0.39 is 0 Å². The predicted molar refractivity (Wildman–Crippen MR) is 133 cm³/mol. The minimum absolute atomic E-state index is 0.0361. The number of nitrogens with zero attached hydrogens (tertiary/aromatic N) is 3. The molecule has 184 valence electrons. The van der Waals surface area contributed by atoms with Gasteiger partial charge in [0.2, 0.25) is 0 Å². The maximum absolute atomic E-state index is 13.6. The standard InChI is InChI=1S/C26H33BrFN3O3/c1-29(26(33)24-4-2-3-5-25(24)27)14-20(19-6-8-21(28)9-7-19)10-11-30-15-22(16-30)31-12-13-34-18-23(31)17-32/h2-9,20,22-23,32H,10-18H2,1H3/t20?,23-/m1/s1. The fourth-order valence-corrected chi connectivity index (χ4v) is 5.39. The van der Waals surface area contributed by atoms with Gasteiger partial charge < -0.3 is 19.6 Å². The Balaban J connectivity index is 1.36. The van der Waals surface area contributed by atoms with Crippen molar-refractivity contribution in [2.75, 3.05) is 59.6 Å². The van der Waals surface area contributed by atoms with Crippen molar-refractivity contribution in [2.24, 2.45) is 0 Å². The molecule has 0 spiro atoms. The molecule has 1 N–H and O–H groups in total. The number of carbonyl (C=O) groups is 1. The van der Waals surface area contributed by atoms with E-state index in [-0.39, 0.29) is 30.3 Å². The van der Waals surface area contributed by atoms with Crippen LogP contribution in [0.5, 0.6) is 0 Å². The number of hydrogen-bond acceptors (Lipinski definition) is 5. The fraction of sp³-hybridized carbons (Fsp3) is 0.500. The van der Waals surface area contributed by atoms with Crippen LogP contribution in [-0.2, 0) is 4.74 Å². The normalized spacial score (nSPS) is 20.6. The molecule has 2 aromatic rings. The summed E-state index contributed by atoms with van der Waals surface area (Å²) in [5.74, 6) is -0.190. The third kappa shape index (κ3) is 6.04. The van der Waals surface area contributed by atoms with Crippen molar-refractivity contribution in [2.45, 2.75) is 24.4 Å². The van der Waals surface area contributed by atoms with E-state index in [9.17, 15) is 14.3 Å². The van der Waals surface area contributed by atoms with Gasteiger partial charge in [0.05, 0.1) is 31.4 Å². The molecule has 2 aromatic carbocycles. The number of benzene rings is 2. The van der Waals surface area contributed by atoms with Crippen LogP contribution in [0.25, 0.3) is 0 Å². The molecule has 0 aromatic heterocycles. The topological polar surface area (TPSA) is 56.3 Å². The first-order valence-corrected chi connectivity index (χ1v) is 12.7. The van der Waals surface area contributed by atoms with Gasteiger partial charge in [0.1, 0.15) is 5.82 Å². The number of carbonyl (C=O) groups excluding carboxylic acids is 1. The summed E-state index contributed by atoms with van der Waals surface area (Å²) in [6.45, 7) is 5.71. The number of hydrogen-bond donors (Lipinski definition) is 1. The highest BCUT2D eigenvalue weighted by Gasteiger charge is 2.36. The van der Waals surface area contributed by atoms with Crippen molar-refractivity contribution in [3.8, 4) is 0 Å². The molecule has 2 saturated heterocycles. The average Bonchev–Trinajstić information content (AvgIpc) is 2.83. The molecule has 2 fully saturated rings. The van der Waals surface area contributed by atoms with Crippen molar-refractivity contribution >= 4 is 21.8 Å². The number of amides is 1. The molecule has 6 nitrogen and oxygen atoms in total. The number of likely N-dealkylation sites (tertiary alicyclic amines) is 1. The lowest BCUT2D eigenvalue weighted by Gasteiger charge is -2.49. The quantitative estimate of drug-likeness (QED) is 0.536. The van der Waals surface area contributed by atoms with E-state index in [2.05, 4.69) is 25.7 Å². The minimum Gasteiger partial charge on any atom is -0.395 e. The lowest BCUT2D eigenvalue weighted by atomic mass is 9.93. The van der Waals surface area contributed by atoms with Gasteiger partial charge in [-0.15, -0.1) is 0 Å². The molecular weight excluding hydrogens is 501 g/mol. The molecule has 2 atom stereocenters. The van der Waals surface area contributed by atoms with Crippen LogP contribution in [-0.4, -0.2) is 97.4 Å². The SMILES string of the molecule is CN(CC(CCN1CC(N2CCOC[C@H]2CO)C1)c1ccc(F)cc1)C(=O)c1ccccc1Br. The Morgan fingerprint density at radius 1 is 1.24 bits per heavy atom. The first-order chi connectivity index (χ1) is 16.5. The number of likely N-dealkylation sites (N-methyl/N-ethyl adjacent to an activating group) is 1. The summed E-state index contributed by atoms with van der Waals surface area (Å²) in [5.41, 5.74) is 1.68. The second-order valence-corrected chi connectivity index (χ2v) is 10.1. The summed E-state index contributed by atoms with van der Waals surface area (Å²) in [6, 6.07) is 14.6. The fourth-order valence-electron chi connectivity index (χ4n) is 4.93. The molecule has 2 aliphatic heterocycles. The summed E-state index contributed by atoms with van der Waals surface area (Å²) in [6.07, 6.45) is 0.873. The van der Waals surface area contributed by atoms with Crippen LogP contribution in [0.1, 0.15) is 28.3 Å². The number of aliphatic hydroxyl groups is 1. The van der Waals surface area contributed by atoms with Gasteiger partial charge in [0.25, 0.3) is 5.91 Å². The number of halogens is 2. The highest BCUT2D eigenvalue weighted by molar-refractivity contribution is 9.10. The van der Waals surface area contributed by atoms with E-state index in [0.29, 0.717) is 24.8 Å². The second-order valence-electron chi connectivity index (χ2n) is 9.27. The first-order valence-electron chi connectivity index (χ1n) is 11.9. The predicted octanol–water partition coefficient (Wildman–Crippen LogP) is 3.21. The van der Waals surface area contributed by atoms with Crippen molar-refractivity contribution in [1.82, 2.24) is 14.7 Å². The van der Waals surface area contributed by atoms with E-state index in [1.807, 2.05) is 43.4 Å². The summed E-state index contributed by atoms with van der Waals surface area (Å²) < 4.78 is 19.8. The second kappa shape index (κ2) is 11.7. The van der Waals surface area contributed by atoms with E-state index in [4.69, 9.17) is 4.74 Å². The lowest BCUT2D eigenvalue weighted by Crippen LogP contribution is -2.64. The summed E-state index contributed by atoms with van der Waals surface area (Å²) in [4.78, 5) is 19.6. The van der Waals surface area contributed by atoms with Crippen molar-refractivity contribution in [3.63, 3.8) is 0 Å². The first kappa shape index (κ1) is 25.3. The highest BCUT2D eigenvalue weighted by Crippen LogP contribution is 2.26. The molecule has 0 radical (unpaired) electrons. The largest absolute Gasteiger partial charge is 0.395 e. The molecule has 2 heterocycles. The Hall–Kier alpha value is -1.84. The summed E-state index contributed by atoms with van der Waals surface area (Å²) in [5, 5.41) is 9.65. The third-order valence-electron chi connectivity index (χ3n) is 6.97. The highest BCUT2D eigenvalue weighted by atomic mass is 79.9. The molecule has 0 aliphatic carbocycles. The molecule has 34 heavy (non-hydrogen) atoms. The van der Waals surface area contributed by atoms with Crippen LogP contribution in [0.3, 0.4) is 0 Å². The Morgan fingerprint density at radius 2 is 1.97 bits per heavy atom. The molecule has 2 aliphatic rings. The molecule has 0 bridgehead atoms. The van der Waals surface area contributed by atoms with Crippen LogP contribution in [0.4, 0.5) is 4.39 Å². The van der Waals surface area contributed by atoms with Gasteiger partial charge in [-0.25, -0.2) is 4.39 Å². The summed E-state index contributed by atoms with van der Waals surface area (Å²) in [7, 11) is 1.82. The summed E-state index contributed by atoms with van der Waals surface area (Å²) >= 11 is 3.48. The third-order valence-corrected chi connectivity index (χ3v) is 7.66. The molecule has 4 rings (SSSR count). The zero-order chi connectivity index (χ0) is 24.1. The Bertz CT molecular complexity index is 955. The van der Waals surface area contributed by atoms with Crippen LogP contribution >= 0.6 is 15.9 Å². The van der Waals surface area contributed by atoms with Crippen molar-refractivity contribution in [1.29, 1.82) is 0 Å². The lowest BCUT2D eigenvalue weighted by molar-refractivity contribution is -0.0817. The number of aliphatic hydroxyl groups excluding tert-OH is 1. The van der Waals surface area contributed by atoms with Gasteiger partial charge in [-0.3, -0.25) is 9.69 Å². The number of morpholine rings is 1. The number of ether oxygens (including phenoxy) is 1. The van der Waals surface area contributed by atoms with Gasteiger partial charge in [-0.05, 0) is 58.7 Å². The van der Waals surface area contributed by atoms with Crippen molar-refractivity contribution in [3.05, 3.63) is 69.9 Å². The maximum atomic E-state index is 13.6. The molecule has 8 heteroatoms. The van der Waals surface area contributed by atoms with Gasteiger partial charge in [-0.1, -0.05) is 24.3 Å². The van der Waals surface area contributed by atoms with Gasteiger partial charge in [-0.2, -0.15) is 0 Å². The Labute approximate surface area is 209 Å². The van der Waals surface area contributed by atoms with E-state index in [1.54, 1.807) is 4.90 Å². The van der Waals surface area contributed by atoms with Gasteiger partial charge in [0, 0.05) is 49.7 Å². The van der Waals surface area contributed by atoms with Crippen LogP contribution in [0, 0.1) is 5.82 Å². The molecule has 1 amide bonds. The number of rotatable bonds is 9.